The highest BCUT2D eigenvalue weighted by Crippen LogP contribution is 2.10. The van der Waals surface area contributed by atoms with Gasteiger partial charge in [0.15, 0.2) is 0 Å². The lowest BCUT2D eigenvalue weighted by Crippen LogP contribution is -2.47. The number of carbonyl (C=O) groups excluding carboxylic acids is 1. The van der Waals surface area contributed by atoms with Crippen LogP contribution in [0.1, 0.15) is 39.4 Å². The van der Waals surface area contributed by atoms with Crippen LogP contribution in [0.15, 0.2) is 22.8 Å². The van der Waals surface area contributed by atoms with E-state index in [0.717, 1.165) is 25.0 Å². The molecule has 0 fully saturated rings. The number of rotatable bonds is 8. The van der Waals surface area contributed by atoms with E-state index in [1.165, 1.54) is 0 Å². The van der Waals surface area contributed by atoms with Crippen LogP contribution >= 0.6 is 0 Å². The molecule has 0 saturated carbocycles. The minimum absolute atomic E-state index is 0.100. The highest BCUT2D eigenvalue weighted by Gasteiger charge is 2.22. The van der Waals surface area contributed by atoms with Gasteiger partial charge in [-0.2, -0.15) is 0 Å². The second kappa shape index (κ2) is 8.10. The van der Waals surface area contributed by atoms with Gasteiger partial charge in [-0.3, -0.25) is 4.79 Å². The zero-order valence-electron chi connectivity index (χ0n) is 13.3. The first-order valence-electron chi connectivity index (χ1n) is 7.39. The molecule has 0 aliphatic rings. The van der Waals surface area contributed by atoms with Crippen molar-refractivity contribution in [3.63, 3.8) is 0 Å². The van der Waals surface area contributed by atoms with Crippen molar-refractivity contribution < 1.29 is 9.21 Å². The largest absolute Gasteiger partial charge is 0.469 e. The van der Waals surface area contributed by atoms with E-state index < -0.39 is 0 Å². The summed E-state index contributed by atoms with van der Waals surface area (Å²) in [4.78, 5) is 13.9. The van der Waals surface area contributed by atoms with E-state index in [-0.39, 0.29) is 18.0 Å². The van der Waals surface area contributed by atoms with Crippen LogP contribution in [0.2, 0.25) is 0 Å². The van der Waals surface area contributed by atoms with Crippen molar-refractivity contribution >= 4 is 5.91 Å². The lowest BCUT2D eigenvalue weighted by Gasteiger charge is -2.26. The standard InChI is InChI=1S/C16H28N2O2/c1-12(2)11-15(16(19)18(4)5)17-13(3)8-9-14-7-6-10-20-14/h6-7,10,12-13,15,17H,8-9,11H2,1-5H3. The molecule has 1 N–H and O–H groups in total. The summed E-state index contributed by atoms with van der Waals surface area (Å²) in [7, 11) is 3.62. The molecule has 1 amide bonds. The third kappa shape index (κ3) is 5.78. The van der Waals surface area contributed by atoms with Gasteiger partial charge in [0.05, 0.1) is 12.3 Å². The molecule has 20 heavy (non-hydrogen) atoms. The number of likely N-dealkylation sites (N-methyl/N-ethyl adjacent to an activating group) is 1. The lowest BCUT2D eigenvalue weighted by atomic mass is 10.0. The first-order chi connectivity index (χ1) is 9.40. The SMILES string of the molecule is CC(C)CC(NC(C)CCc1ccco1)C(=O)N(C)C. The fraction of sp³-hybridized carbons (Fsp3) is 0.688. The molecule has 1 aromatic heterocycles. The van der Waals surface area contributed by atoms with Crippen LogP contribution in [0.25, 0.3) is 0 Å². The molecule has 0 spiro atoms. The summed E-state index contributed by atoms with van der Waals surface area (Å²) in [5.74, 6) is 1.65. The summed E-state index contributed by atoms with van der Waals surface area (Å²) in [5.41, 5.74) is 0. The number of nitrogens with zero attached hydrogens (tertiary/aromatic N) is 1. The molecule has 0 bridgehead atoms. The first-order valence-corrected chi connectivity index (χ1v) is 7.39. The Labute approximate surface area is 122 Å². The number of carbonyl (C=O) groups is 1. The normalized spacial score (nSPS) is 14.3. The fourth-order valence-electron chi connectivity index (χ4n) is 2.26. The van der Waals surface area contributed by atoms with Gasteiger partial charge in [0.25, 0.3) is 0 Å². The quantitative estimate of drug-likeness (QED) is 0.796. The monoisotopic (exact) mass is 280 g/mol. The fourth-order valence-corrected chi connectivity index (χ4v) is 2.26. The van der Waals surface area contributed by atoms with Crippen molar-refractivity contribution in [3.8, 4) is 0 Å². The molecule has 1 heterocycles. The minimum Gasteiger partial charge on any atom is -0.469 e. The molecular formula is C16H28N2O2. The zero-order valence-corrected chi connectivity index (χ0v) is 13.3. The van der Waals surface area contributed by atoms with Crippen LogP contribution < -0.4 is 5.32 Å². The van der Waals surface area contributed by atoms with Gasteiger partial charge in [0, 0.05) is 26.6 Å². The number of nitrogens with one attached hydrogen (secondary N) is 1. The Hall–Kier alpha value is -1.29. The predicted octanol–water partition coefficient (Wildman–Crippen LogP) is 2.69. The molecule has 0 aromatic carbocycles. The molecule has 114 valence electrons. The molecule has 0 aliphatic heterocycles. The molecule has 2 atom stereocenters. The van der Waals surface area contributed by atoms with Gasteiger partial charge in [-0.25, -0.2) is 0 Å². The van der Waals surface area contributed by atoms with E-state index in [1.54, 1.807) is 11.2 Å². The van der Waals surface area contributed by atoms with Crippen LogP contribution in [-0.2, 0) is 11.2 Å². The van der Waals surface area contributed by atoms with Gasteiger partial charge < -0.3 is 14.6 Å². The predicted molar refractivity (Wildman–Crippen MR) is 81.6 cm³/mol. The molecule has 0 radical (unpaired) electrons. The van der Waals surface area contributed by atoms with Crippen molar-refractivity contribution in [2.24, 2.45) is 5.92 Å². The van der Waals surface area contributed by atoms with Crippen molar-refractivity contribution in [2.75, 3.05) is 14.1 Å². The maximum absolute atomic E-state index is 12.2. The van der Waals surface area contributed by atoms with E-state index in [1.807, 2.05) is 26.2 Å². The van der Waals surface area contributed by atoms with Crippen LogP contribution in [0.3, 0.4) is 0 Å². The van der Waals surface area contributed by atoms with Crippen LogP contribution in [0.4, 0.5) is 0 Å². The molecule has 0 aliphatic carbocycles. The molecule has 2 unspecified atom stereocenters. The van der Waals surface area contributed by atoms with Gasteiger partial charge in [-0.15, -0.1) is 0 Å². The summed E-state index contributed by atoms with van der Waals surface area (Å²) in [6.07, 6.45) is 4.42. The Bertz CT molecular complexity index is 385. The Balaban J connectivity index is 2.48. The van der Waals surface area contributed by atoms with Crippen molar-refractivity contribution in [1.82, 2.24) is 10.2 Å². The molecule has 0 saturated heterocycles. The topological polar surface area (TPSA) is 45.5 Å². The van der Waals surface area contributed by atoms with Crippen molar-refractivity contribution in [3.05, 3.63) is 24.2 Å². The summed E-state index contributed by atoms with van der Waals surface area (Å²) in [5, 5.41) is 3.46. The molecular weight excluding hydrogens is 252 g/mol. The average molecular weight is 280 g/mol. The Kier molecular flexibility index (Phi) is 6.79. The Morgan fingerprint density at radius 2 is 2.05 bits per heavy atom. The van der Waals surface area contributed by atoms with Gasteiger partial charge in [-0.1, -0.05) is 13.8 Å². The van der Waals surface area contributed by atoms with E-state index in [4.69, 9.17) is 4.42 Å². The second-order valence-corrected chi connectivity index (χ2v) is 6.10. The summed E-state index contributed by atoms with van der Waals surface area (Å²) in [6.45, 7) is 6.41. The van der Waals surface area contributed by atoms with Crippen LogP contribution in [-0.4, -0.2) is 37.0 Å². The maximum Gasteiger partial charge on any atom is 0.239 e. The Morgan fingerprint density at radius 3 is 2.55 bits per heavy atom. The molecule has 1 rings (SSSR count). The summed E-state index contributed by atoms with van der Waals surface area (Å²) in [6, 6.07) is 4.08. The van der Waals surface area contributed by atoms with Gasteiger partial charge in [0.2, 0.25) is 5.91 Å². The number of hydrogen-bond acceptors (Lipinski definition) is 3. The third-order valence-corrected chi connectivity index (χ3v) is 3.34. The smallest absolute Gasteiger partial charge is 0.239 e. The van der Waals surface area contributed by atoms with Crippen molar-refractivity contribution in [1.29, 1.82) is 0 Å². The minimum atomic E-state index is -0.100. The van der Waals surface area contributed by atoms with Gasteiger partial charge >= 0.3 is 0 Å². The molecule has 4 heteroatoms. The van der Waals surface area contributed by atoms with Crippen molar-refractivity contribution in [2.45, 2.75) is 52.1 Å². The number of furan rings is 1. The van der Waals surface area contributed by atoms with E-state index in [0.29, 0.717) is 5.92 Å². The van der Waals surface area contributed by atoms with E-state index in [2.05, 4.69) is 26.1 Å². The first kappa shape index (κ1) is 16.8. The summed E-state index contributed by atoms with van der Waals surface area (Å²) < 4.78 is 5.34. The summed E-state index contributed by atoms with van der Waals surface area (Å²) >= 11 is 0. The maximum atomic E-state index is 12.2. The number of amides is 1. The third-order valence-electron chi connectivity index (χ3n) is 3.34. The highest BCUT2D eigenvalue weighted by molar-refractivity contribution is 5.81. The second-order valence-electron chi connectivity index (χ2n) is 6.10. The van der Waals surface area contributed by atoms with Crippen LogP contribution in [0.5, 0.6) is 0 Å². The lowest BCUT2D eigenvalue weighted by molar-refractivity contribution is -0.131. The highest BCUT2D eigenvalue weighted by atomic mass is 16.3. The van der Waals surface area contributed by atoms with E-state index >= 15 is 0 Å². The van der Waals surface area contributed by atoms with E-state index in [9.17, 15) is 4.79 Å². The van der Waals surface area contributed by atoms with Gasteiger partial charge in [0.1, 0.15) is 5.76 Å². The number of hydrogen-bond donors (Lipinski definition) is 1. The molecule has 4 nitrogen and oxygen atoms in total. The van der Waals surface area contributed by atoms with Gasteiger partial charge in [-0.05, 0) is 37.8 Å². The Morgan fingerprint density at radius 1 is 1.35 bits per heavy atom. The zero-order chi connectivity index (χ0) is 15.1. The van der Waals surface area contributed by atoms with Crippen LogP contribution in [0, 0.1) is 5.92 Å². The average Bonchev–Trinajstić information content (AvgIpc) is 2.87. The number of aryl methyl sites for hydroxylation is 1. The molecule has 1 aromatic rings.